The van der Waals surface area contributed by atoms with Gasteiger partial charge < -0.3 is 0 Å². The zero-order valence-electron chi connectivity index (χ0n) is 11.9. The minimum absolute atomic E-state index is 0.334. The molecule has 0 radical (unpaired) electrons. The minimum atomic E-state index is -0.354. The van der Waals surface area contributed by atoms with E-state index in [1.165, 1.54) is 0 Å². The molecule has 0 atom stereocenters. The lowest BCUT2D eigenvalue weighted by Gasteiger charge is -2.04. The Bertz CT molecular complexity index is 750. The van der Waals surface area contributed by atoms with Crippen molar-refractivity contribution in [2.45, 2.75) is 25.7 Å². The molecule has 7 heteroatoms. The van der Waals surface area contributed by atoms with Crippen LogP contribution in [0.5, 0.6) is 0 Å². The first kappa shape index (κ1) is 15.1. The van der Waals surface area contributed by atoms with E-state index in [1.54, 1.807) is 31.2 Å². The Balaban J connectivity index is 1.70. The molecule has 1 aromatic heterocycles. The van der Waals surface area contributed by atoms with Gasteiger partial charge in [0.2, 0.25) is 0 Å². The van der Waals surface area contributed by atoms with Gasteiger partial charge in [-0.2, -0.15) is 10.2 Å². The van der Waals surface area contributed by atoms with Crippen LogP contribution in [0.15, 0.2) is 29.4 Å². The average molecular weight is 337 g/mol. The SMILES string of the molecule is CC(=NNC(=O)c1cc(C2CC2)[nH]n1)c1ccc(Cl)cc1Cl. The molecular formula is C15H14Cl2N4O. The van der Waals surface area contributed by atoms with Crippen molar-refractivity contribution in [3.8, 4) is 0 Å². The largest absolute Gasteiger partial charge is 0.291 e. The highest BCUT2D eigenvalue weighted by molar-refractivity contribution is 6.37. The van der Waals surface area contributed by atoms with Gasteiger partial charge in [-0.25, -0.2) is 5.43 Å². The van der Waals surface area contributed by atoms with Gasteiger partial charge in [0.1, 0.15) is 0 Å². The Morgan fingerprint density at radius 3 is 2.82 bits per heavy atom. The van der Waals surface area contributed by atoms with Crippen LogP contribution in [0.1, 0.15) is 47.4 Å². The molecule has 22 heavy (non-hydrogen) atoms. The number of hydrogen-bond acceptors (Lipinski definition) is 3. The summed E-state index contributed by atoms with van der Waals surface area (Å²) in [5.74, 6) is 0.166. The van der Waals surface area contributed by atoms with Crippen LogP contribution in [-0.4, -0.2) is 21.8 Å². The van der Waals surface area contributed by atoms with Crippen LogP contribution in [0.4, 0.5) is 0 Å². The van der Waals surface area contributed by atoms with Crippen LogP contribution in [0.3, 0.4) is 0 Å². The van der Waals surface area contributed by atoms with Crippen molar-refractivity contribution in [1.82, 2.24) is 15.6 Å². The summed E-state index contributed by atoms with van der Waals surface area (Å²) in [5, 5.41) is 12.0. The zero-order valence-corrected chi connectivity index (χ0v) is 13.4. The molecule has 1 heterocycles. The molecule has 1 aliphatic carbocycles. The van der Waals surface area contributed by atoms with Gasteiger partial charge >= 0.3 is 0 Å². The zero-order chi connectivity index (χ0) is 15.7. The van der Waals surface area contributed by atoms with Crippen LogP contribution in [-0.2, 0) is 0 Å². The molecule has 1 aromatic carbocycles. The number of halogens is 2. The number of aromatic amines is 1. The Morgan fingerprint density at radius 2 is 2.14 bits per heavy atom. The smallest absolute Gasteiger partial charge is 0.281 e. The molecule has 0 saturated heterocycles. The van der Waals surface area contributed by atoms with E-state index in [0.717, 1.165) is 18.5 Å². The van der Waals surface area contributed by atoms with Gasteiger partial charge in [0.05, 0.1) is 10.7 Å². The van der Waals surface area contributed by atoms with E-state index in [2.05, 4.69) is 20.7 Å². The summed E-state index contributed by atoms with van der Waals surface area (Å²) < 4.78 is 0. The number of benzene rings is 1. The maximum atomic E-state index is 12.0. The molecule has 2 aromatic rings. The highest BCUT2D eigenvalue weighted by Crippen LogP contribution is 2.38. The number of amides is 1. The molecule has 0 spiro atoms. The van der Waals surface area contributed by atoms with Gasteiger partial charge in [0.25, 0.3) is 5.91 Å². The fourth-order valence-electron chi connectivity index (χ4n) is 2.09. The first-order chi connectivity index (χ1) is 10.5. The van der Waals surface area contributed by atoms with Crippen LogP contribution in [0.2, 0.25) is 10.0 Å². The second-order valence-electron chi connectivity index (χ2n) is 5.25. The molecule has 0 unspecified atom stereocenters. The van der Waals surface area contributed by atoms with Gasteiger partial charge in [-0.1, -0.05) is 29.3 Å². The maximum absolute atomic E-state index is 12.0. The monoisotopic (exact) mass is 336 g/mol. The van der Waals surface area contributed by atoms with E-state index in [-0.39, 0.29) is 5.91 Å². The van der Waals surface area contributed by atoms with Gasteiger partial charge in [0, 0.05) is 22.2 Å². The third-order valence-corrected chi connectivity index (χ3v) is 4.04. The van der Waals surface area contributed by atoms with Crippen molar-refractivity contribution in [1.29, 1.82) is 0 Å². The van der Waals surface area contributed by atoms with E-state index in [0.29, 0.717) is 32.9 Å². The fourth-order valence-corrected chi connectivity index (χ4v) is 2.64. The normalized spacial score (nSPS) is 15.0. The van der Waals surface area contributed by atoms with Gasteiger partial charge in [-0.3, -0.25) is 9.89 Å². The Hall–Kier alpha value is -1.85. The van der Waals surface area contributed by atoms with Crippen molar-refractivity contribution >= 4 is 34.8 Å². The Morgan fingerprint density at radius 1 is 1.36 bits per heavy atom. The van der Waals surface area contributed by atoms with Crippen molar-refractivity contribution < 1.29 is 4.79 Å². The molecule has 2 N–H and O–H groups in total. The topological polar surface area (TPSA) is 70.1 Å². The number of nitrogens with zero attached hydrogens (tertiary/aromatic N) is 2. The first-order valence-electron chi connectivity index (χ1n) is 6.90. The second kappa shape index (κ2) is 6.10. The molecule has 1 fully saturated rings. The van der Waals surface area contributed by atoms with Crippen molar-refractivity contribution in [3.63, 3.8) is 0 Å². The molecule has 0 aliphatic heterocycles. The lowest BCUT2D eigenvalue weighted by Crippen LogP contribution is -2.19. The molecule has 3 rings (SSSR count). The Labute approximate surface area is 137 Å². The van der Waals surface area contributed by atoms with Gasteiger partial charge in [-0.15, -0.1) is 0 Å². The lowest BCUT2D eigenvalue weighted by atomic mass is 10.1. The molecule has 0 bridgehead atoms. The maximum Gasteiger partial charge on any atom is 0.291 e. The molecule has 114 valence electrons. The predicted molar refractivity (Wildman–Crippen MR) is 86.7 cm³/mol. The first-order valence-corrected chi connectivity index (χ1v) is 7.65. The van der Waals surface area contributed by atoms with E-state index < -0.39 is 0 Å². The number of H-pyrrole nitrogens is 1. The second-order valence-corrected chi connectivity index (χ2v) is 6.09. The van der Waals surface area contributed by atoms with Crippen LogP contribution < -0.4 is 5.43 Å². The van der Waals surface area contributed by atoms with Crippen molar-refractivity contribution in [2.24, 2.45) is 5.10 Å². The number of hydrogen-bond donors (Lipinski definition) is 2. The number of carbonyl (C=O) groups excluding carboxylic acids is 1. The fraction of sp³-hybridized carbons (Fsp3) is 0.267. The summed E-state index contributed by atoms with van der Waals surface area (Å²) >= 11 is 12.0. The summed E-state index contributed by atoms with van der Waals surface area (Å²) in [6.45, 7) is 1.76. The number of hydrazone groups is 1. The van der Waals surface area contributed by atoms with Crippen LogP contribution >= 0.6 is 23.2 Å². The number of nitrogens with one attached hydrogen (secondary N) is 2. The quantitative estimate of drug-likeness (QED) is 0.659. The molecule has 5 nitrogen and oxygen atoms in total. The summed E-state index contributed by atoms with van der Waals surface area (Å²) in [5.41, 5.74) is 5.13. The molecular weight excluding hydrogens is 323 g/mol. The lowest BCUT2D eigenvalue weighted by molar-refractivity contribution is 0.0950. The van der Waals surface area contributed by atoms with Crippen molar-refractivity contribution in [3.05, 3.63) is 51.3 Å². The minimum Gasteiger partial charge on any atom is -0.281 e. The van der Waals surface area contributed by atoms with Gasteiger partial charge in [-0.05, 0) is 38.0 Å². The molecule has 1 saturated carbocycles. The van der Waals surface area contributed by atoms with E-state index >= 15 is 0 Å². The average Bonchev–Trinajstić information content (AvgIpc) is 3.22. The van der Waals surface area contributed by atoms with Crippen LogP contribution in [0.25, 0.3) is 0 Å². The highest BCUT2D eigenvalue weighted by atomic mass is 35.5. The highest BCUT2D eigenvalue weighted by Gasteiger charge is 2.26. The molecule has 1 aliphatic rings. The van der Waals surface area contributed by atoms with Crippen LogP contribution in [0, 0.1) is 0 Å². The predicted octanol–water partition coefficient (Wildman–Crippen LogP) is 3.75. The van der Waals surface area contributed by atoms with Gasteiger partial charge in [0.15, 0.2) is 5.69 Å². The summed E-state index contributed by atoms with van der Waals surface area (Å²) in [7, 11) is 0. The molecule has 1 amide bonds. The number of rotatable bonds is 4. The third kappa shape index (κ3) is 3.31. The standard InChI is InChI=1S/C15H14Cl2N4O/c1-8(11-5-4-10(16)6-12(11)17)18-21-15(22)14-7-13(19-20-14)9-2-3-9/h4-7,9H,2-3H2,1H3,(H,19,20)(H,21,22). The number of aromatic nitrogens is 2. The summed E-state index contributed by atoms with van der Waals surface area (Å²) in [6, 6.07) is 6.89. The van der Waals surface area contributed by atoms with E-state index in [9.17, 15) is 4.79 Å². The van der Waals surface area contributed by atoms with E-state index in [1.807, 2.05) is 0 Å². The van der Waals surface area contributed by atoms with Crippen molar-refractivity contribution in [2.75, 3.05) is 0 Å². The third-order valence-electron chi connectivity index (χ3n) is 3.49. The Kier molecular flexibility index (Phi) is 4.18. The summed E-state index contributed by atoms with van der Waals surface area (Å²) in [4.78, 5) is 12.0. The number of carbonyl (C=O) groups is 1. The summed E-state index contributed by atoms with van der Waals surface area (Å²) in [6.07, 6.45) is 2.30. The van der Waals surface area contributed by atoms with E-state index in [4.69, 9.17) is 23.2 Å².